The predicted octanol–water partition coefficient (Wildman–Crippen LogP) is 3.31. The van der Waals surface area contributed by atoms with Crippen LogP contribution in [-0.2, 0) is 17.8 Å². The van der Waals surface area contributed by atoms with E-state index in [1.807, 2.05) is 23.1 Å². The molecular weight excluding hydrogens is 284 g/mol. The summed E-state index contributed by atoms with van der Waals surface area (Å²) in [6, 6.07) is 19.0. The van der Waals surface area contributed by atoms with Crippen LogP contribution >= 0.6 is 0 Å². The van der Waals surface area contributed by atoms with E-state index in [1.54, 1.807) is 0 Å². The van der Waals surface area contributed by atoms with Gasteiger partial charge < -0.3 is 10.2 Å². The molecule has 1 aliphatic rings. The Bertz CT molecular complexity index is 654. The topological polar surface area (TPSA) is 32.3 Å². The van der Waals surface area contributed by atoms with Crippen LogP contribution in [0.15, 0.2) is 54.6 Å². The Morgan fingerprint density at radius 1 is 1.09 bits per heavy atom. The van der Waals surface area contributed by atoms with Gasteiger partial charge in [0.2, 0.25) is 5.91 Å². The van der Waals surface area contributed by atoms with Crippen LogP contribution in [0.5, 0.6) is 0 Å². The highest BCUT2D eigenvalue weighted by Crippen LogP contribution is 2.19. The molecule has 1 aliphatic heterocycles. The fourth-order valence-electron chi connectivity index (χ4n) is 3.12. The zero-order chi connectivity index (χ0) is 16.1. The first-order chi connectivity index (χ1) is 11.2. The third kappa shape index (κ3) is 3.99. The van der Waals surface area contributed by atoms with Crippen molar-refractivity contribution in [2.24, 2.45) is 0 Å². The molecule has 0 aliphatic carbocycles. The van der Waals surface area contributed by atoms with Crippen LogP contribution < -0.4 is 5.32 Å². The van der Waals surface area contributed by atoms with Crippen LogP contribution in [0.25, 0.3) is 0 Å². The average molecular weight is 308 g/mol. The van der Waals surface area contributed by atoms with Crippen molar-refractivity contribution in [3.05, 3.63) is 71.3 Å². The molecule has 3 nitrogen and oxygen atoms in total. The van der Waals surface area contributed by atoms with Crippen LogP contribution in [0.2, 0.25) is 0 Å². The number of rotatable bonds is 5. The zero-order valence-corrected chi connectivity index (χ0v) is 13.7. The first kappa shape index (κ1) is 15.8. The lowest BCUT2D eigenvalue weighted by molar-refractivity contribution is -0.132. The van der Waals surface area contributed by atoms with E-state index in [0.717, 1.165) is 19.5 Å². The minimum atomic E-state index is 0.243. The second kappa shape index (κ2) is 7.42. The van der Waals surface area contributed by atoms with Crippen molar-refractivity contribution in [2.45, 2.75) is 32.4 Å². The van der Waals surface area contributed by atoms with Crippen molar-refractivity contribution in [3.63, 3.8) is 0 Å². The molecule has 2 aromatic rings. The Labute approximate surface area is 138 Å². The Morgan fingerprint density at radius 3 is 2.57 bits per heavy atom. The maximum atomic E-state index is 12.4. The summed E-state index contributed by atoms with van der Waals surface area (Å²) in [6.45, 7) is 4.44. The van der Waals surface area contributed by atoms with E-state index in [-0.39, 0.29) is 11.9 Å². The van der Waals surface area contributed by atoms with Gasteiger partial charge in [0.25, 0.3) is 0 Å². The minimum absolute atomic E-state index is 0.243. The second-order valence-electron chi connectivity index (χ2n) is 6.17. The molecule has 23 heavy (non-hydrogen) atoms. The summed E-state index contributed by atoms with van der Waals surface area (Å²) < 4.78 is 0. The molecule has 0 spiro atoms. The number of hydrogen-bond acceptors (Lipinski definition) is 2. The summed E-state index contributed by atoms with van der Waals surface area (Å²) in [5.41, 5.74) is 3.93. The normalized spacial score (nSPS) is 15.1. The molecule has 1 unspecified atom stereocenters. The Balaban J connectivity index is 1.47. The van der Waals surface area contributed by atoms with E-state index in [2.05, 4.69) is 48.6 Å². The van der Waals surface area contributed by atoms with E-state index in [1.165, 1.54) is 16.7 Å². The Kier molecular flexibility index (Phi) is 5.09. The largest absolute Gasteiger partial charge is 0.338 e. The van der Waals surface area contributed by atoms with Gasteiger partial charge in [-0.05, 0) is 30.0 Å². The molecule has 0 aromatic heterocycles. The number of fused-ring (bicyclic) bond motifs is 1. The molecule has 0 bridgehead atoms. The van der Waals surface area contributed by atoms with Gasteiger partial charge in [-0.1, -0.05) is 54.6 Å². The molecular formula is C20H24N2O. The SMILES string of the molecule is CC(NCCC(=O)N1CCc2ccccc2C1)c1ccccc1. The lowest BCUT2D eigenvalue weighted by Gasteiger charge is -2.29. The molecule has 1 atom stereocenters. The van der Waals surface area contributed by atoms with Crippen molar-refractivity contribution in [3.8, 4) is 0 Å². The number of benzene rings is 2. The first-order valence-electron chi connectivity index (χ1n) is 8.37. The summed E-state index contributed by atoms with van der Waals surface area (Å²) in [4.78, 5) is 14.4. The van der Waals surface area contributed by atoms with Gasteiger partial charge in [-0.15, -0.1) is 0 Å². The van der Waals surface area contributed by atoms with Crippen molar-refractivity contribution < 1.29 is 4.79 Å². The predicted molar refractivity (Wildman–Crippen MR) is 93.0 cm³/mol. The van der Waals surface area contributed by atoms with Crippen molar-refractivity contribution in [1.29, 1.82) is 0 Å². The summed E-state index contributed by atoms with van der Waals surface area (Å²) in [7, 11) is 0. The quantitative estimate of drug-likeness (QED) is 0.919. The van der Waals surface area contributed by atoms with Gasteiger partial charge in [0, 0.05) is 32.1 Å². The number of nitrogens with zero attached hydrogens (tertiary/aromatic N) is 1. The number of nitrogens with one attached hydrogen (secondary N) is 1. The summed E-state index contributed by atoms with van der Waals surface area (Å²) in [5, 5.41) is 3.44. The van der Waals surface area contributed by atoms with Gasteiger partial charge in [0.1, 0.15) is 0 Å². The van der Waals surface area contributed by atoms with Gasteiger partial charge in [-0.2, -0.15) is 0 Å². The maximum absolute atomic E-state index is 12.4. The lowest BCUT2D eigenvalue weighted by Crippen LogP contribution is -2.37. The molecule has 2 aromatic carbocycles. The molecule has 3 heteroatoms. The fraction of sp³-hybridized carbons (Fsp3) is 0.350. The Hall–Kier alpha value is -2.13. The molecule has 0 saturated heterocycles. The monoisotopic (exact) mass is 308 g/mol. The van der Waals surface area contributed by atoms with Gasteiger partial charge in [-0.25, -0.2) is 0 Å². The molecule has 120 valence electrons. The Morgan fingerprint density at radius 2 is 1.78 bits per heavy atom. The summed E-state index contributed by atoms with van der Waals surface area (Å²) in [6.07, 6.45) is 1.52. The molecule has 0 saturated carbocycles. The zero-order valence-electron chi connectivity index (χ0n) is 13.7. The number of hydrogen-bond donors (Lipinski definition) is 1. The summed E-state index contributed by atoms with van der Waals surface area (Å²) >= 11 is 0. The number of carbonyl (C=O) groups is 1. The second-order valence-corrected chi connectivity index (χ2v) is 6.17. The van der Waals surface area contributed by atoms with Gasteiger partial charge in [0.05, 0.1) is 0 Å². The number of carbonyl (C=O) groups excluding carboxylic acids is 1. The van der Waals surface area contributed by atoms with Crippen molar-refractivity contribution in [1.82, 2.24) is 10.2 Å². The standard InChI is InChI=1S/C20H24N2O/c1-16(17-7-3-2-4-8-17)21-13-11-20(23)22-14-12-18-9-5-6-10-19(18)15-22/h2-10,16,21H,11-15H2,1H3. The van der Waals surface area contributed by atoms with Crippen LogP contribution in [0.3, 0.4) is 0 Å². The van der Waals surface area contributed by atoms with Crippen LogP contribution in [-0.4, -0.2) is 23.9 Å². The third-order valence-electron chi connectivity index (χ3n) is 4.57. The highest BCUT2D eigenvalue weighted by atomic mass is 16.2. The average Bonchev–Trinajstić information content (AvgIpc) is 2.61. The fourth-order valence-corrected chi connectivity index (χ4v) is 3.12. The summed E-state index contributed by atoms with van der Waals surface area (Å²) in [5.74, 6) is 0.243. The third-order valence-corrected chi connectivity index (χ3v) is 4.57. The molecule has 1 amide bonds. The van der Waals surface area contributed by atoms with Crippen LogP contribution in [0, 0.1) is 0 Å². The maximum Gasteiger partial charge on any atom is 0.224 e. The van der Waals surface area contributed by atoms with E-state index in [9.17, 15) is 4.79 Å². The van der Waals surface area contributed by atoms with Crippen LogP contribution in [0.1, 0.15) is 36.1 Å². The van der Waals surface area contributed by atoms with Gasteiger partial charge in [0.15, 0.2) is 0 Å². The van der Waals surface area contributed by atoms with Crippen molar-refractivity contribution >= 4 is 5.91 Å². The van der Waals surface area contributed by atoms with Crippen LogP contribution in [0.4, 0.5) is 0 Å². The first-order valence-corrected chi connectivity index (χ1v) is 8.37. The lowest BCUT2D eigenvalue weighted by atomic mass is 10.00. The minimum Gasteiger partial charge on any atom is -0.338 e. The molecule has 0 fully saturated rings. The van der Waals surface area contributed by atoms with Crippen molar-refractivity contribution in [2.75, 3.05) is 13.1 Å². The van der Waals surface area contributed by atoms with Gasteiger partial charge in [-0.3, -0.25) is 4.79 Å². The molecule has 1 N–H and O–H groups in total. The van der Waals surface area contributed by atoms with E-state index in [4.69, 9.17) is 0 Å². The van der Waals surface area contributed by atoms with E-state index >= 15 is 0 Å². The van der Waals surface area contributed by atoms with Gasteiger partial charge >= 0.3 is 0 Å². The molecule has 3 rings (SSSR count). The molecule has 1 heterocycles. The van der Waals surface area contributed by atoms with E-state index < -0.39 is 0 Å². The smallest absolute Gasteiger partial charge is 0.224 e. The number of amides is 1. The highest BCUT2D eigenvalue weighted by Gasteiger charge is 2.19. The highest BCUT2D eigenvalue weighted by molar-refractivity contribution is 5.76. The molecule has 0 radical (unpaired) electrons. The van der Waals surface area contributed by atoms with E-state index in [0.29, 0.717) is 13.0 Å².